The van der Waals surface area contributed by atoms with Crippen molar-refractivity contribution in [3.05, 3.63) is 18.3 Å². The van der Waals surface area contributed by atoms with Crippen LogP contribution in [0.1, 0.15) is 0 Å². The molecule has 0 atom stereocenters. The molecule has 0 saturated heterocycles. The Labute approximate surface area is 78.0 Å². The van der Waals surface area contributed by atoms with Gasteiger partial charge in [-0.25, -0.2) is 0 Å². The van der Waals surface area contributed by atoms with Gasteiger partial charge in [0, 0.05) is 27.5 Å². The summed E-state index contributed by atoms with van der Waals surface area (Å²) in [6.07, 6.45) is 1.59. The van der Waals surface area contributed by atoms with Crippen LogP contribution in [0.2, 0.25) is 0 Å². The highest BCUT2D eigenvalue weighted by atomic mass is 28.4. The van der Waals surface area contributed by atoms with Crippen LogP contribution in [0.25, 0.3) is 0 Å². The lowest BCUT2D eigenvalue weighted by atomic mass is 10.6. The zero-order valence-electron chi connectivity index (χ0n) is 7.85. The molecule has 0 saturated carbocycles. The van der Waals surface area contributed by atoms with Crippen LogP contribution in [-0.2, 0) is 13.3 Å². The Balaban J connectivity index is 3.01. The van der Waals surface area contributed by atoms with Crippen molar-refractivity contribution in [3.8, 4) is 0 Å². The molecule has 0 aliphatic rings. The van der Waals surface area contributed by atoms with Crippen LogP contribution in [0.3, 0.4) is 0 Å². The molecule has 0 N–H and O–H groups in total. The molecular formula is C7H12N2O3Si. The Morgan fingerprint density at radius 1 is 1.15 bits per heavy atom. The Morgan fingerprint density at radius 2 is 1.77 bits per heavy atom. The summed E-state index contributed by atoms with van der Waals surface area (Å²) in [5.74, 6) is 0. The summed E-state index contributed by atoms with van der Waals surface area (Å²) >= 11 is 0. The lowest BCUT2D eigenvalue weighted by molar-refractivity contribution is 0.139. The number of hydrogen-bond donors (Lipinski definition) is 0. The molecule has 0 spiro atoms. The number of aromatic nitrogens is 2. The standard InChI is InChI=1S/C7H12N2O3Si/c1-10-13(11-2,12-3)7-5-4-6-8-9-7/h4-6H,1-3H3. The minimum atomic E-state index is -2.77. The first-order chi connectivity index (χ1) is 6.29. The topological polar surface area (TPSA) is 53.5 Å². The van der Waals surface area contributed by atoms with Crippen molar-refractivity contribution in [3.63, 3.8) is 0 Å². The van der Waals surface area contributed by atoms with E-state index in [0.29, 0.717) is 5.32 Å². The maximum Gasteiger partial charge on any atom is 0.557 e. The van der Waals surface area contributed by atoms with Crippen molar-refractivity contribution in [1.82, 2.24) is 10.2 Å². The largest absolute Gasteiger partial charge is 0.557 e. The highest BCUT2D eigenvalue weighted by Crippen LogP contribution is 2.03. The van der Waals surface area contributed by atoms with E-state index in [-0.39, 0.29) is 0 Å². The molecule has 0 bridgehead atoms. The summed E-state index contributed by atoms with van der Waals surface area (Å²) in [4.78, 5) is 0. The van der Waals surface area contributed by atoms with E-state index in [9.17, 15) is 0 Å². The van der Waals surface area contributed by atoms with Crippen molar-refractivity contribution in [2.24, 2.45) is 0 Å². The van der Waals surface area contributed by atoms with Crippen LogP contribution >= 0.6 is 0 Å². The number of rotatable bonds is 4. The van der Waals surface area contributed by atoms with Gasteiger partial charge in [0.1, 0.15) is 5.32 Å². The molecule has 0 fully saturated rings. The van der Waals surface area contributed by atoms with E-state index in [1.807, 2.05) is 0 Å². The summed E-state index contributed by atoms with van der Waals surface area (Å²) in [7, 11) is 1.84. The van der Waals surface area contributed by atoms with Gasteiger partial charge in [0.25, 0.3) is 0 Å². The van der Waals surface area contributed by atoms with E-state index in [1.165, 1.54) is 21.3 Å². The van der Waals surface area contributed by atoms with Gasteiger partial charge >= 0.3 is 8.80 Å². The molecule has 72 valence electrons. The summed E-state index contributed by atoms with van der Waals surface area (Å²) in [5.41, 5.74) is 0. The second-order valence-electron chi connectivity index (χ2n) is 2.28. The van der Waals surface area contributed by atoms with Crippen molar-refractivity contribution in [2.45, 2.75) is 0 Å². The summed E-state index contributed by atoms with van der Waals surface area (Å²) in [6, 6.07) is 3.54. The minimum Gasteiger partial charge on any atom is -0.372 e. The Hall–Kier alpha value is -0.823. The first-order valence-corrected chi connectivity index (χ1v) is 5.45. The summed E-state index contributed by atoms with van der Waals surface area (Å²) in [5, 5.41) is 8.25. The third-order valence-corrected chi connectivity index (χ3v) is 4.20. The monoisotopic (exact) mass is 200 g/mol. The minimum absolute atomic E-state index is 0.613. The predicted octanol–water partition coefficient (Wildman–Crippen LogP) is -0.438. The van der Waals surface area contributed by atoms with Crippen molar-refractivity contribution < 1.29 is 13.3 Å². The van der Waals surface area contributed by atoms with Crippen molar-refractivity contribution >= 4 is 14.1 Å². The molecule has 6 heteroatoms. The maximum absolute atomic E-state index is 5.21. The molecule has 1 rings (SSSR count). The van der Waals surface area contributed by atoms with E-state index in [1.54, 1.807) is 18.3 Å². The number of hydrogen-bond acceptors (Lipinski definition) is 5. The molecule has 0 aliphatic carbocycles. The fraction of sp³-hybridized carbons (Fsp3) is 0.429. The van der Waals surface area contributed by atoms with E-state index >= 15 is 0 Å². The summed E-state index contributed by atoms with van der Waals surface area (Å²) in [6.45, 7) is 0. The Kier molecular flexibility index (Phi) is 3.49. The van der Waals surface area contributed by atoms with Crippen molar-refractivity contribution in [2.75, 3.05) is 21.3 Å². The fourth-order valence-corrected chi connectivity index (χ4v) is 2.64. The smallest absolute Gasteiger partial charge is 0.372 e. The van der Waals surface area contributed by atoms with Crippen LogP contribution in [0.15, 0.2) is 18.3 Å². The van der Waals surface area contributed by atoms with Crippen LogP contribution in [0.4, 0.5) is 0 Å². The molecule has 0 unspecified atom stereocenters. The number of nitrogens with zero attached hydrogens (tertiary/aromatic N) is 2. The molecule has 0 radical (unpaired) electrons. The van der Waals surface area contributed by atoms with Crippen molar-refractivity contribution in [1.29, 1.82) is 0 Å². The SMILES string of the molecule is CO[Si](OC)(OC)c1cccnn1. The first-order valence-electron chi connectivity index (χ1n) is 3.72. The van der Waals surface area contributed by atoms with Gasteiger partial charge in [-0.05, 0) is 12.1 Å². The molecule has 13 heavy (non-hydrogen) atoms. The maximum atomic E-state index is 5.21. The van der Waals surface area contributed by atoms with E-state index in [2.05, 4.69) is 10.2 Å². The molecule has 5 nitrogen and oxygen atoms in total. The average molecular weight is 200 g/mol. The molecule has 0 aliphatic heterocycles. The van der Waals surface area contributed by atoms with Crippen LogP contribution in [-0.4, -0.2) is 40.3 Å². The highest BCUT2D eigenvalue weighted by molar-refractivity contribution is 6.74. The van der Waals surface area contributed by atoms with Gasteiger partial charge in [-0.1, -0.05) is 0 Å². The lowest BCUT2D eigenvalue weighted by Gasteiger charge is -2.22. The summed E-state index contributed by atoms with van der Waals surface area (Å²) < 4.78 is 15.6. The fourth-order valence-electron chi connectivity index (χ4n) is 1.03. The second kappa shape index (κ2) is 4.42. The van der Waals surface area contributed by atoms with Crippen LogP contribution in [0, 0.1) is 0 Å². The molecule has 1 heterocycles. The molecule has 1 aromatic rings. The highest BCUT2D eigenvalue weighted by Gasteiger charge is 2.42. The van der Waals surface area contributed by atoms with Gasteiger partial charge in [0.15, 0.2) is 0 Å². The Morgan fingerprint density at radius 3 is 2.15 bits per heavy atom. The van der Waals surface area contributed by atoms with E-state index < -0.39 is 8.80 Å². The van der Waals surface area contributed by atoms with Gasteiger partial charge in [-0.2, -0.15) is 10.2 Å². The zero-order chi connectivity index (χ0) is 9.73. The molecule has 0 amide bonds. The van der Waals surface area contributed by atoms with Crippen LogP contribution in [0.5, 0.6) is 0 Å². The quantitative estimate of drug-likeness (QED) is 0.617. The first kappa shape index (κ1) is 10.3. The third-order valence-electron chi connectivity index (χ3n) is 1.69. The molecular weight excluding hydrogens is 188 g/mol. The van der Waals surface area contributed by atoms with Gasteiger partial charge in [-0.3, -0.25) is 0 Å². The predicted molar refractivity (Wildman–Crippen MR) is 48.4 cm³/mol. The average Bonchev–Trinajstić information content (AvgIpc) is 2.23. The molecule has 0 aromatic carbocycles. The normalized spacial score (nSPS) is 11.6. The third kappa shape index (κ3) is 1.91. The molecule has 1 aromatic heterocycles. The second-order valence-corrected chi connectivity index (χ2v) is 5.13. The van der Waals surface area contributed by atoms with E-state index in [0.717, 1.165) is 0 Å². The zero-order valence-corrected chi connectivity index (χ0v) is 8.85. The van der Waals surface area contributed by atoms with Crippen LogP contribution < -0.4 is 5.32 Å². The van der Waals surface area contributed by atoms with Gasteiger partial charge < -0.3 is 13.3 Å². The van der Waals surface area contributed by atoms with Gasteiger partial charge in [0.2, 0.25) is 0 Å². The lowest BCUT2D eigenvalue weighted by Crippen LogP contribution is -2.56. The van der Waals surface area contributed by atoms with Gasteiger partial charge in [0.05, 0.1) is 0 Å². The van der Waals surface area contributed by atoms with E-state index in [4.69, 9.17) is 13.3 Å². The van der Waals surface area contributed by atoms with Gasteiger partial charge in [-0.15, -0.1) is 0 Å². The Bertz CT molecular complexity index is 245.